The summed E-state index contributed by atoms with van der Waals surface area (Å²) < 4.78 is 79.8. The van der Waals surface area contributed by atoms with Crippen molar-refractivity contribution in [3.63, 3.8) is 0 Å². The topological polar surface area (TPSA) is 32.3 Å². The van der Waals surface area contributed by atoms with Crippen LogP contribution in [0.3, 0.4) is 0 Å². The molecule has 0 fully saturated rings. The van der Waals surface area contributed by atoms with Gasteiger partial charge in [-0.3, -0.25) is 0 Å². The minimum atomic E-state index is -4.97. The van der Waals surface area contributed by atoms with Crippen LogP contribution >= 0.6 is 22.9 Å². The molecule has 0 aliphatic carbocycles. The molecule has 4 rings (SSSR count). The van der Waals surface area contributed by atoms with E-state index in [2.05, 4.69) is 5.32 Å². The zero-order valence-electron chi connectivity index (χ0n) is 15.0. The summed E-state index contributed by atoms with van der Waals surface area (Å²) in [5, 5.41) is 14.9. The molecule has 0 bridgehead atoms. The van der Waals surface area contributed by atoms with Crippen LogP contribution in [0.5, 0.6) is 0 Å². The second-order valence-electron chi connectivity index (χ2n) is 6.84. The number of nitrogens with one attached hydrogen (secondary N) is 1. The molecule has 0 radical (unpaired) electrons. The van der Waals surface area contributed by atoms with Gasteiger partial charge in [0.1, 0.15) is 10.8 Å². The van der Waals surface area contributed by atoms with Gasteiger partial charge in [0.25, 0.3) is 0 Å². The van der Waals surface area contributed by atoms with E-state index in [0.29, 0.717) is 26.7 Å². The second-order valence-corrected chi connectivity index (χ2v) is 8.29. The normalized spacial score (nSPS) is 17.3. The number of alkyl halides is 6. The Kier molecular flexibility index (Phi) is 4.74. The van der Waals surface area contributed by atoms with Gasteiger partial charge in [0.05, 0.1) is 27.8 Å². The van der Waals surface area contributed by atoms with Crippen LogP contribution in [-0.2, 0) is 12.4 Å². The highest BCUT2D eigenvalue weighted by atomic mass is 35.5. The highest BCUT2D eigenvalue weighted by molar-refractivity contribution is 7.23. The van der Waals surface area contributed by atoms with E-state index in [-0.39, 0.29) is 34.0 Å². The number of aliphatic hydroxyl groups excluding tert-OH is 1. The molecule has 2 nitrogen and oxygen atoms in total. The van der Waals surface area contributed by atoms with Crippen LogP contribution in [0.15, 0.2) is 41.4 Å². The second kappa shape index (κ2) is 6.81. The maximum atomic E-state index is 13.5. The highest BCUT2D eigenvalue weighted by Crippen LogP contribution is 2.47. The lowest BCUT2D eigenvalue weighted by molar-refractivity contribution is -0.142. The van der Waals surface area contributed by atoms with Crippen LogP contribution in [0.4, 0.5) is 31.3 Å². The summed E-state index contributed by atoms with van der Waals surface area (Å²) >= 11 is 7.32. The van der Waals surface area contributed by atoms with Crippen LogP contribution in [0.1, 0.15) is 23.6 Å². The van der Waals surface area contributed by atoms with Crippen LogP contribution in [0, 0.1) is 0 Å². The van der Waals surface area contributed by atoms with Gasteiger partial charge in [-0.15, -0.1) is 11.3 Å². The van der Waals surface area contributed by atoms with Gasteiger partial charge in [0, 0.05) is 10.1 Å². The fraction of sp³-hybridized carbons (Fsp3) is 0.200. The van der Waals surface area contributed by atoms with E-state index in [1.807, 2.05) is 0 Å². The molecule has 0 saturated heterocycles. The Morgan fingerprint density at radius 2 is 1.70 bits per heavy atom. The van der Waals surface area contributed by atoms with Gasteiger partial charge in [-0.2, -0.15) is 26.3 Å². The quantitative estimate of drug-likeness (QED) is 0.360. The molecule has 1 aliphatic rings. The number of hydrogen-bond donors (Lipinski definition) is 2. The van der Waals surface area contributed by atoms with Gasteiger partial charge in [0.2, 0.25) is 0 Å². The van der Waals surface area contributed by atoms with Crippen molar-refractivity contribution < 1.29 is 31.4 Å². The first-order valence-electron chi connectivity index (χ1n) is 8.59. The van der Waals surface area contributed by atoms with Gasteiger partial charge >= 0.3 is 12.4 Å². The van der Waals surface area contributed by atoms with Crippen molar-refractivity contribution in [2.75, 3.05) is 5.32 Å². The summed E-state index contributed by atoms with van der Waals surface area (Å²) in [6, 6.07) is 5.61. The van der Waals surface area contributed by atoms with Crippen molar-refractivity contribution in [2.24, 2.45) is 0 Å². The molecule has 0 amide bonds. The standard InChI is InChI=1S/C20H12ClF6NOS/c1-8-16(21)17(29)15-12-4-2-9(6-14(12)30-18(15)28-8)11-5-3-10(19(22,23)24)7-13(11)20(25,26)27/h2-8,28-29H,1H3. The van der Waals surface area contributed by atoms with E-state index in [0.717, 1.165) is 6.07 Å². The number of halogens is 7. The summed E-state index contributed by atoms with van der Waals surface area (Å²) in [5.74, 6) is -0.109. The molecular weight excluding hydrogens is 452 g/mol. The molecule has 3 aromatic rings. The molecule has 2 aromatic carbocycles. The van der Waals surface area contributed by atoms with Crippen LogP contribution in [0.2, 0.25) is 0 Å². The highest BCUT2D eigenvalue weighted by Gasteiger charge is 2.38. The number of aliphatic hydroxyl groups is 1. The van der Waals surface area contributed by atoms with E-state index in [9.17, 15) is 31.4 Å². The largest absolute Gasteiger partial charge is 0.506 e. The van der Waals surface area contributed by atoms with Gasteiger partial charge in [0.15, 0.2) is 0 Å². The van der Waals surface area contributed by atoms with Gasteiger partial charge in [-0.25, -0.2) is 0 Å². The van der Waals surface area contributed by atoms with Crippen molar-refractivity contribution >= 4 is 43.8 Å². The minimum Gasteiger partial charge on any atom is -0.506 e. The third kappa shape index (κ3) is 3.39. The number of anilines is 1. The van der Waals surface area contributed by atoms with Crippen molar-refractivity contribution in [1.82, 2.24) is 0 Å². The monoisotopic (exact) mass is 463 g/mol. The molecule has 1 aromatic heterocycles. The predicted molar refractivity (Wildman–Crippen MR) is 106 cm³/mol. The Labute approximate surface area is 175 Å². The van der Waals surface area contributed by atoms with Crippen molar-refractivity contribution in [1.29, 1.82) is 0 Å². The number of benzene rings is 2. The van der Waals surface area contributed by atoms with Gasteiger partial charge in [-0.1, -0.05) is 29.8 Å². The Hall–Kier alpha value is -2.39. The average Bonchev–Trinajstić information content (AvgIpc) is 3.01. The van der Waals surface area contributed by atoms with Gasteiger partial charge < -0.3 is 10.4 Å². The molecule has 0 spiro atoms. The molecule has 2 heterocycles. The molecule has 30 heavy (non-hydrogen) atoms. The number of thiophene rings is 1. The van der Waals surface area contributed by atoms with Gasteiger partial charge in [-0.05, 0) is 36.2 Å². The molecule has 0 saturated carbocycles. The summed E-state index contributed by atoms with van der Waals surface area (Å²) in [6.07, 6.45) is -9.85. The lowest BCUT2D eigenvalue weighted by Crippen LogP contribution is -2.20. The fourth-order valence-electron chi connectivity index (χ4n) is 3.39. The zero-order valence-corrected chi connectivity index (χ0v) is 16.6. The summed E-state index contributed by atoms with van der Waals surface area (Å²) in [4.78, 5) is 0. The SMILES string of the molecule is CC1Nc2sc3cc(-c4ccc(C(F)(F)F)cc4C(F)(F)F)ccc3c2C(O)=C1Cl. The van der Waals surface area contributed by atoms with Crippen molar-refractivity contribution in [3.05, 3.63) is 58.1 Å². The Morgan fingerprint density at radius 3 is 2.33 bits per heavy atom. The Bertz CT molecular complexity index is 1190. The fourth-order valence-corrected chi connectivity index (χ4v) is 4.77. The molecule has 2 N–H and O–H groups in total. The van der Waals surface area contributed by atoms with E-state index in [1.165, 1.54) is 29.5 Å². The molecule has 1 atom stereocenters. The summed E-state index contributed by atoms with van der Waals surface area (Å²) in [5.41, 5.74) is -2.52. The maximum Gasteiger partial charge on any atom is 0.417 e. The molecule has 10 heteroatoms. The summed E-state index contributed by atoms with van der Waals surface area (Å²) in [7, 11) is 0. The molecule has 1 aliphatic heterocycles. The van der Waals surface area contributed by atoms with Crippen LogP contribution in [-0.4, -0.2) is 11.1 Å². The summed E-state index contributed by atoms with van der Waals surface area (Å²) in [6.45, 7) is 1.75. The number of hydrogen-bond acceptors (Lipinski definition) is 3. The third-order valence-corrected chi connectivity index (χ3v) is 6.43. The first-order chi connectivity index (χ1) is 13.9. The number of fused-ring (bicyclic) bond motifs is 3. The zero-order chi connectivity index (χ0) is 22.0. The van der Waals surface area contributed by atoms with Crippen molar-refractivity contribution in [2.45, 2.75) is 25.3 Å². The first kappa shape index (κ1) is 20.9. The smallest absolute Gasteiger partial charge is 0.417 e. The van der Waals surface area contributed by atoms with E-state index in [4.69, 9.17) is 11.6 Å². The van der Waals surface area contributed by atoms with E-state index < -0.39 is 23.5 Å². The Morgan fingerprint density at radius 1 is 1.00 bits per heavy atom. The van der Waals surface area contributed by atoms with E-state index >= 15 is 0 Å². The molecule has 1 unspecified atom stereocenters. The maximum absolute atomic E-state index is 13.5. The third-order valence-electron chi connectivity index (χ3n) is 4.84. The Balaban J connectivity index is 1.89. The van der Waals surface area contributed by atoms with Crippen LogP contribution in [0.25, 0.3) is 27.0 Å². The molecule has 158 valence electrons. The van der Waals surface area contributed by atoms with E-state index in [1.54, 1.807) is 6.92 Å². The lowest BCUT2D eigenvalue weighted by atomic mass is 9.95. The number of rotatable bonds is 1. The average molecular weight is 464 g/mol. The van der Waals surface area contributed by atoms with Crippen LogP contribution < -0.4 is 5.32 Å². The van der Waals surface area contributed by atoms with Crippen molar-refractivity contribution in [3.8, 4) is 11.1 Å². The predicted octanol–water partition coefficient (Wildman–Crippen LogP) is 7.89. The first-order valence-corrected chi connectivity index (χ1v) is 9.78. The molecular formula is C20H12ClF6NOS. The minimum absolute atomic E-state index is 0.109. The lowest BCUT2D eigenvalue weighted by Gasteiger charge is -2.21.